The second-order valence-electron chi connectivity index (χ2n) is 4.88. The van der Waals surface area contributed by atoms with Gasteiger partial charge in [0.05, 0.1) is 18.6 Å². The minimum absolute atomic E-state index is 0.238. The lowest BCUT2D eigenvalue weighted by molar-refractivity contribution is 0.344. The smallest absolute Gasteiger partial charge is 0.204 e. The Morgan fingerprint density at radius 3 is 2.61 bits per heavy atom. The maximum atomic E-state index is 9.30. The van der Waals surface area contributed by atoms with E-state index in [1.54, 1.807) is 42.2 Å². The first-order chi connectivity index (χ1) is 11.3. The van der Waals surface area contributed by atoms with Crippen LogP contribution < -0.4 is 4.74 Å². The Labute approximate surface area is 139 Å². The zero-order valence-electron chi connectivity index (χ0n) is 12.5. The molecule has 1 aromatic heterocycles. The second-order valence-corrected chi connectivity index (χ2v) is 5.98. The van der Waals surface area contributed by atoms with Crippen molar-refractivity contribution in [1.29, 1.82) is 0 Å². The molecule has 118 valence electrons. The van der Waals surface area contributed by atoms with Gasteiger partial charge < -0.3 is 14.3 Å². The minimum Gasteiger partial charge on any atom is -0.508 e. The first-order valence-corrected chi connectivity index (χ1v) is 8.46. The molecule has 4 nitrogen and oxygen atoms in total. The van der Waals surface area contributed by atoms with E-state index in [-0.39, 0.29) is 5.75 Å². The number of oxazole rings is 1. The second kappa shape index (κ2) is 7.74. The zero-order valence-corrected chi connectivity index (χ0v) is 13.3. The quantitative estimate of drug-likeness (QED) is 0.653. The van der Waals surface area contributed by atoms with E-state index in [0.29, 0.717) is 24.0 Å². The number of benzene rings is 2. The molecule has 0 aliphatic carbocycles. The molecule has 0 aliphatic heterocycles. The minimum atomic E-state index is 0.238. The Kier molecular flexibility index (Phi) is 5.21. The number of phenols is 1. The summed E-state index contributed by atoms with van der Waals surface area (Å²) >= 11 is 1.72. The summed E-state index contributed by atoms with van der Waals surface area (Å²) in [4.78, 5) is 4.28. The van der Waals surface area contributed by atoms with Crippen molar-refractivity contribution in [3.63, 3.8) is 0 Å². The van der Waals surface area contributed by atoms with E-state index in [1.165, 1.54) is 0 Å². The highest BCUT2D eigenvalue weighted by Gasteiger charge is 2.06. The van der Waals surface area contributed by atoms with Crippen molar-refractivity contribution < 1.29 is 14.3 Å². The molecule has 1 N–H and O–H groups in total. The number of rotatable bonds is 7. The third kappa shape index (κ3) is 4.53. The molecule has 5 heteroatoms. The van der Waals surface area contributed by atoms with Crippen LogP contribution >= 0.6 is 11.8 Å². The number of para-hydroxylation sites is 1. The van der Waals surface area contributed by atoms with Crippen LogP contribution in [0.25, 0.3) is 11.3 Å². The van der Waals surface area contributed by atoms with E-state index in [4.69, 9.17) is 9.15 Å². The van der Waals surface area contributed by atoms with Crippen molar-refractivity contribution in [2.45, 2.75) is 5.75 Å². The third-order valence-electron chi connectivity index (χ3n) is 3.17. The Balaban J connectivity index is 1.43. The molecular weight excluding hydrogens is 310 g/mol. The molecule has 0 radical (unpaired) electrons. The Morgan fingerprint density at radius 1 is 1.04 bits per heavy atom. The van der Waals surface area contributed by atoms with Gasteiger partial charge >= 0.3 is 0 Å². The van der Waals surface area contributed by atoms with E-state index < -0.39 is 0 Å². The van der Waals surface area contributed by atoms with Crippen LogP contribution in [0.1, 0.15) is 5.89 Å². The molecule has 0 fully saturated rings. The predicted molar refractivity (Wildman–Crippen MR) is 91.7 cm³/mol. The van der Waals surface area contributed by atoms with Gasteiger partial charge in [-0.15, -0.1) is 11.8 Å². The average molecular weight is 327 g/mol. The molecule has 0 bridgehead atoms. The summed E-state index contributed by atoms with van der Waals surface area (Å²) in [6, 6.07) is 16.7. The monoisotopic (exact) mass is 327 g/mol. The lowest BCUT2D eigenvalue weighted by Crippen LogP contribution is -2.00. The maximum absolute atomic E-state index is 9.30. The summed E-state index contributed by atoms with van der Waals surface area (Å²) in [7, 11) is 0. The fraction of sp³-hybridized carbons (Fsp3) is 0.167. The topological polar surface area (TPSA) is 55.5 Å². The molecule has 0 saturated carbocycles. The lowest BCUT2D eigenvalue weighted by Gasteiger charge is -2.04. The van der Waals surface area contributed by atoms with Crippen LogP contribution in [0, 0.1) is 0 Å². The molecule has 3 rings (SSSR count). The predicted octanol–water partition coefficient (Wildman–Crippen LogP) is 4.36. The van der Waals surface area contributed by atoms with Gasteiger partial charge in [-0.05, 0) is 36.4 Å². The summed E-state index contributed by atoms with van der Waals surface area (Å²) in [5.41, 5.74) is 0.902. The first-order valence-electron chi connectivity index (χ1n) is 7.31. The van der Waals surface area contributed by atoms with Gasteiger partial charge in [0.2, 0.25) is 5.89 Å². The summed E-state index contributed by atoms with van der Waals surface area (Å²) < 4.78 is 11.4. The molecule has 0 spiro atoms. The first kappa shape index (κ1) is 15.5. The number of thioether (sulfide) groups is 1. The standard InChI is InChI=1S/C18H17NO3S/c20-15-8-6-14(7-9-15)17-12-19-18(22-17)13-23-11-10-21-16-4-2-1-3-5-16/h1-9,12,20H,10-11,13H2. The van der Waals surface area contributed by atoms with Crippen molar-refractivity contribution in [3.8, 4) is 22.8 Å². The van der Waals surface area contributed by atoms with Crippen LogP contribution in [0.15, 0.2) is 65.2 Å². The molecule has 3 aromatic rings. The number of aromatic nitrogens is 1. The number of hydrogen-bond acceptors (Lipinski definition) is 5. The van der Waals surface area contributed by atoms with Crippen molar-refractivity contribution >= 4 is 11.8 Å². The highest BCUT2D eigenvalue weighted by Crippen LogP contribution is 2.24. The molecule has 23 heavy (non-hydrogen) atoms. The SMILES string of the molecule is Oc1ccc(-c2cnc(CSCCOc3ccccc3)o2)cc1. The van der Waals surface area contributed by atoms with Crippen molar-refractivity contribution in [2.75, 3.05) is 12.4 Å². The zero-order chi connectivity index (χ0) is 15.9. The van der Waals surface area contributed by atoms with Crippen LogP contribution in [-0.4, -0.2) is 22.5 Å². The van der Waals surface area contributed by atoms with Gasteiger partial charge in [0.25, 0.3) is 0 Å². The van der Waals surface area contributed by atoms with Gasteiger partial charge in [-0.3, -0.25) is 0 Å². The number of phenolic OH excluding ortho intramolecular Hbond substituents is 1. The molecule has 0 atom stereocenters. The molecule has 1 heterocycles. The van der Waals surface area contributed by atoms with Crippen molar-refractivity contribution in [1.82, 2.24) is 4.98 Å². The molecule has 0 saturated heterocycles. The summed E-state index contributed by atoms with van der Waals surface area (Å²) in [5.74, 6) is 4.10. The molecule has 0 amide bonds. The van der Waals surface area contributed by atoms with Crippen LogP contribution in [-0.2, 0) is 5.75 Å². The fourth-order valence-electron chi connectivity index (χ4n) is 2.03. The number of aromatic hydroxyl groups is 1. The van der Waals surface area contributed by atoms with Gasteiger partial charge in [-0.1, -0.05) is 18.2 Å². The van der Waals surface area contributed by atoms with Crippen LogP contribution in [0.2, 0.25) is 0 Å². The van der Waals surface area contributed by atoms with Crippen LogP contribution in [0.4, 0.5) is 0 Å². The third-order valence-corrected chi connectivity index (χ3v) is 4.08. The number of hydrogen-bond donors (Lipinski definition) is 1. The molecule has 2 aromatic carbocycles. The van der Waals surface area contributed by atoms with E-state index in [1.807, 2.05) is 30.3 Å². The number of nitrogens with zero attached hydrogens (tertiary/aromatic N) is 1. The van der Waals surface area contributed by atoms with Gasteiger partial charge in [0.15, 0.2) is 5.76 Å². The highest BCUT2D eigenvalue weighted by molar-refractivity contribution is 7.98. The van der Waals surface area contributed by atoms with Crippen molar-refractivity contribution in [3.05, 3.63) is 66.7 Å². The summed E-state index contributed by atoms with van der Waals surface area (Å²) in [6.45, 7) is 0.653. The Morgan fingerprint density at radius 2 is 1.83 bits per heavy atom. The van der Waals surface area contributed by atoms with Gasteiger partial charge in [-0.25, -0.2) is 4.98 Å². The summed E-state index contributed by atoms with van der Waals surface area (Å²) in [5, 5.41) is 9.30. The van der Waals surface area contributed by atoms with E-state index in [2.05, 4.69) is 4.98 Å². The van der Waals surface area contributed by atoms with Gasteiger partial charge in [-0.2, -0.15) is 0 Å². The van der Waals surface area contributed by atoms with E-state index in [9.17, 15) is 5.11 Å². The van der Waals surface area contributed by atoms with Gasteiger partial charge in [0, 0.05) is 11.3 Å². The fourth-order valence-corrected chi connectivity index (χ4v) is 2.68. The normalized spacial score (nSPS) is 10.6. The molecular formula is C18H17NO3S. The Bertz CT molecular complexity index is 726. The van der Waals surface area contributed by atoms with Crippen LogP contribution in [0.5, 0.6) is 11.5 Å². The van der Waals surface area contributed by atoms with Gasteiger partial charge in [0.1, 0.15) is 11.5 Å². The lowest BCUT2D eigenvalue weighted by atomic mass is 10.2. The largest absolute Gasteiger partial charge is 0.508 e. The average Bonchev–Trinajstić information content (AvgIpc) is 3.05. The molecule has 0 unspecified atom stereocenters. The number of ether oxygens (including phenoxy) is 1. The van der Waals surface area contributed by atoms with E-state index in [0.717, 1.165) is 17.1 Å². The summed E-state index contributed by atoms with van der Waals surface area (Å²) in [6.07, 6.45) is 1.71. The van der Waals surface area contributed by atoms with Crippen LogP contribution in [0.3, 0.4) is 0 Å². The maximum Gasteiger partial charge on any atom is 0.204 e. The Hall–Kier alpha value is -2.40. The van der Waals surface area contributed by atoms with E-state index >= 15 is 0 Å². The highest BCUT2D eigenvalue weighted by atomic mass is 32.2. The molecule has 0 aliphatic rings. The van der Waals surface area contributed by atoms with Crippen molar-refractivity contribution in [2.24, 2.45) is 0 Å².